The second-order valence-electron chi connectivity index (χ2n) is 3.84. The molecule has 0 aliphatic carbocycles. The van der Waals surface area contributed by atoms with Gasteiger partial charge in [0.15, 0.2) is 0 Å². The lowest BCUT2D eigenvalue weighted by Gasteiger charge is -2.22. The molecule has 1 N–H and O–H groups in total. The van der Waals surface area contributed by atoms with Crippen LogP contribution in [0.1, 0.15) is 13.8 Å². The van der Waals surface area contributed by atoms with Crippen molar-refractivity contribution in [2.24, 2.45) is 0 Å². The summed E-state index contributed by atoms with van der Waals surface area (Å²) in [6, 6.07) is 4.76. The molecule has 4 nitrogen and oxygen atoms in total. The van der Waals surface area contributed by atoms with Gasteiger partial charge in [-0.25, -0.2) is 0 Å². The van der Waals surface area contributed by atoms with Gasteiger partial charge in [-0.1, -0.05) is 11.6 Å². The fraction of sp³-hybridized carbons (Fsp3) is 0.400. The lowest BCUT2D eigenvalue weighted by atomic mass is 10.3. The largest absolute Gasteiger partial charge is 0.301 e. The van der Waals surface area contributed by atoms with E-state index in [-0.39, 0.29) is 6.04 Å². The Morgan fingerprint density at radius 3 is 2.47 bits per heavy atom. The molecule has 1 aromatic rings. The Bertz CT molecular complexity index is 505. The zero-order valence-electron chi connectivity index (χ0n) is 9.74. The highest BCUT2D eigenvalue weighted by Crippen LogP contribution is 2.27. The highest BCUT2D eigenvalue weighted by atomic mass is 79.9. The van der Waals surface area contributed by atoms with Crippen LogP contribution >= 0.6 is 27.5 Å². The number of hydrogen-bond acceptors (Lipinski definition) is 2. The molecule has 0 unspecified atom stereocenters. The van der Waals surface area contributed by atoms with E-state index in [4.69, 9.17) is 11.6 Å². The third-order valence-electron chi connectivity index (χ3n) is 2.28. The Labute approximate surface area is 115 Å². The van der Waals surface area contributed by atoms with Gasteiger partial charge in [0, 0.05) is 22.6 Å². The van der Waals surface area contributed by atoms with Crippen molar-refractivity contribution in [1.29, 1.82) is 0 Å². The van der Waals surface area contributed by atoms with E-state index < -0.39 is 10.2 Å². The fourth-order valence-electron chi connectivity index (χ4n) is 1.06. The molecule has 0 saturated carbocycles. The van der Waals surface area contributed by atoms with Gasteiger partial charge in [-0.2, -0.15) is 12.7 Å². The molecule has 0 fully saturated rings. The Morgan fingerprint density at radius 2 is 2.00 bits per heavy atom. The molecule has 0 atom stereocenters. The molecule has 0 radical (unpaired) electrons. The Kier molecular flexibility index (Phi) is 4.83. The standard InChI is InChI=1S/C10H14BrClN2O2S/c1-7(2)14(3)17(15,16)13-10-5-4-8(12)6-9(10)11/h4-7,13H,1-3H3. The van der Waals surface area contributed by atoms with Gasteiger partial charge in [-0.05, 0) is 48.0 Å². The molecular weight excluding hydrogens is 328 g/mol. The molecule has 0 saturated heterocycles. The maximum atomic E-state index is 11.9. The molecule has 0 heterocycles. The lowest BCUT2D eigenvalue weighted by molar-refractivity contribution is 0.414. The molecular formula is C10H14BrClN2O2S. The van der Waals surface area contributed by atoms with Gasteiger partial charge in [0.05, 0.1) is 5.69 Å². The normalized spacial score (nSPS) is 12.2. The van der Waals surface area contributed by atoms with Crippen molar-refractivity contribution < 1.29 is 8.42 Å². The number of anilines is 1. The summed E-state index contributed by atoms with van der Waals surface area (Å²) < 4.78 is 28.2. The second kappa shape index (κ2) is 5.56. The van der Waals surface area contributed by atoms with Crippen LogP contribution in [0.5, 0.6) is 0 Å². The molecule has 7 heteroatoms. The van der Waals surface area contributed by atoms with Crippen molar-refractivity contribution >= 4 is 43.4 Å². The molecule has 0 spiro atoms. The quantitative estimate of drug-likeness (QED) is 0.915. The first-order valence-corrected chi connectivity index (χ1v) is 7.56. The first-order valence-electron chi connectivity index (χ1n) is 4.95. The first-order chi connectivity index (χ1) is 7.74. The molecule has 0 bridgehead atoms. The minimum atomic E-state index is -3.54. The van der Waals surface area contributed by atoms with Crippen molar-refractivity contribution in [3.8, 4) is 0 Å². The van der Waals surface area contributed by atoms with E-state index in [1.165, 1.54) is 11.4 Å². The summed E-state index contributed by atoms with van der Waals surface area (Å²) in [6.45, 7) is 3.60. The monoisotopic (exact) mass is 340 g/mol. The third-order valence-corrected chi connectivity index (χ3v) is 4.83. The van der Waals surface area contributed by atoms with E-state index in [2.05, 4.69) is 20.7 Å². The molecule has 0 aliphatic heterocycles. The van der Waals surface area contributed by atoms with Crippen LogP contribution in [0.4, 0.5) is 5.69 Å². The molecule has 17 heavy (non-hydrogen) atoms. The van der Waals surface area contributed by atoms with Gasteiger partial charge in [0.25, 0.3) is 0 Å². The highest BCUT2D eigenvalue weighted by Gasteiger charge is 2.21. The molecule has 0 aliphatic rings. The fourth-order valence-corrected chi connectivity index (χ4v) is 3.13. The van der Waals surface area contributed by atoms with E-state index >= 15 is 0 Å². The lowest BCUT2D eigenvalue weighted by Crippen LogP contribution is -2.37. The number of nitrogens with one attached hydrogen (secondary N) is 1. The predicted octanol–water partition coefficient (Wildman–Crippen LogP) is 3.10. The van der Waals surface area contributed by atoms with E-state index in [9.17, 15) is 8.42 Å². The van der Waals surface area contributed by atoms with E-state index in [1.807, 2.05) is 0 Å². The summed E-state index contributed by atoms with van der Waals surface area (Å²) in [4.78, 5) is 0. The van der Waals surface area contributed by atoms with Crippen LogP contribution < -0.4 is 4.72 Å². The molecule has 1 aromatic carbocycles. The molecule has 1 rings (SSSR count). The summed E-state index contributed by atoms with van der Waals surface area (Å²) >= 11 is 9.04. The minimum Gasteiger partial charge on any atom is -0.270 e. The van der Waals surface area contributed by atoms with Crippen LogP contribution in [-0.4, -0.2) is 25.8 Å². The van der Waals surface area contributed by atoms with Crippen LogP contribution in [-0.2, 0) is 10.2 Å². The number of hydrogen-bond donors (Lipinski definition) is 1. The smallest absolute Gasteiger partial charge is 0.270 e. The van der Waals surface area contributed by atoms with Crippen molar-refractivity contribution in [3.63, 3.8) is 0 Å². The van der Waals surface area contributed by atoms with Gasteiger partial charge in [0.2, 0.25) is 0 Å². The SMILES string of the molecule is CC(C)N(C)S(=O)(=O)Nc1ccc(Cl)cc1Br. The summed E-state index contributed by atoms with van der Waals surface area (Å²) in [7, 11) is -2.01. The number of halogens is 2. The molecule has 0 amide bonds. The summed E-state index contributed by atoms with van der Waals surface area (Å²) in [5, 5.41) is 0.539. The number of nitrogens with zero attached hydrogens (tertiary/aromatic N) is 1. The van der Waals surface area contributed by atoms with Gasteiger partial charge in [-0.15, -0.1) is 0 Å². The van der Waals surface area contributed by atoms with E-state index in [0.29, 0.717) is 15.2 Å². The van der Waals surface area contributed by atoms with E-state index in [1.54, 1.807) is 32.0 Å². The van der Waals surface area contributed by atoms with Crippen LogP contribution in [0.15, 0.2) is 22.7 Å². The number of rotatable bonds is 4. The number of benzene rings is 1. The highest BCUT2D eigenvalue weighted by molar-refractivity contribution is 9.10. The maximum absolute atomic E-state index is 11.9. The maximum Gasteiger partial charge on any atom is 0.301 e. The van der Waals surface area contributed by atoms with Gasteiger partial charge >= 0.3 is 10.2 Å². The zero-order chi connectivity index (χ0) is 13.2. The summed E-state index contributed by atoms with van der Waals surface area (Å²) in [6.07, 6.45) is 0. The Morgan fingerprint density at radius 1 is 1.41 bits per heavy atom. The summed E-state index contributed by atoms with van der Waals surface area (Å²) in [5.74, 6) is 0. The van der Waals surface area contributed by atoms with Crippen LogP contribution in [0.25, 0.3) is 0 Å². The van der Waals surface area contributed by atoms with Crippen LogP contribution in [0.2, 0.25) is 5.02 Å². The third kappa shape index (κ3) is 3.84. The summed E-state index contributed by atoms with van der Waals surface area (Å²) in [5.41, 5.74) is 0.460. The second-order valence-corrected chi connectivity index (χ2v) is 6.86. The molecule has 0 aromatic heterocycles. The van der Waals surface area contributed by atoms with Crippen molar-refractivity contribution in [3.05, 3.63) is 27.7 Å². The van der Waals surface area contributed by atoms with Crippen LogP contribution in [0.3, 0.4) is 0 Å². The Hall–Kier alpha value is -0.300. The van der Waals surface area contributed by atoms with Gasteiger partial charge < -0.3 is 0 Å². The average Bonchev–Trinajstić information content (AvgIpc) is 2.21. The van der Waals surface area contributed by atoms with Crippen molar-refractivity contribution in [2.45, 2.75) is 19.9 Å². The Balaban J connectivity index is 2.98. The van der Waals surface area contributed by atoms with Crippen LogP contribution in [0, 0.1) is 0 Å². The zero-order valence-corrected chi connectivity index (χ0v) is 12.9. The van der Waals surface area contributed by atoms with E-state index in [0.717, 1.165) is 0 Å². The predicted molar refractivity (Wildman–Crippen MR) is 74.6 cm³/mol. The first kappa shape index (κ1) is 14.8. The van der Waals surface area contributed by atoms with Gasteiger partial charge in [-0.3, -0.25) is 4.72 Å². The van der Waals surface area contributed by atoms with Crippen molar-refractivity contribution in [1.82, 2.24) is 4.31 Å². The minimum absolute atomic E-state index is 0.112. The van der Waals surface area contributed by atoms with Crippen molar-refractivity contribution in [2.75, 3.05) is 11.8 Å². The topological polar surface area (TPSA) is 49.4 Å². The average molecular weight is 342 g/mol. The van der Waals surface area contributed by atoms with Gasteiger partial charge in [0.1, 0.15) is 0 Å². The molecule has 96 valence electrons.